The van der Waals surface area contributed by atoms with Crippen molar-refractivity contribution < 1.29 is 4.79 Å². The van der Waals surface area contributed by atoms with Gasteiger partial charge in [-0.05, 0) is 45.2 Å². The highest BCUT2D eigenvalue weighted by Crippen LogP contribution is 2.27. The molecular formula is C16H31N3O. The van der Waals surface area contributed by atoms with Crippen molar-refractivity contribution in [3.05, 3.63) is 0 Å². The largest absolute Gasteiger partial charge is 0.338 e. The predicted octanol–water partition coefficient (Wildman–Crippen LogP) is 1.84. The highest BCUT2D eigenvalue weighted by molar-refractivity contribution is 5.77. The zero-order chi connectivity index (χ0) is 14.5. The summed E-state index contributed by atoms with van der Waals surface area (Å²) >= 11 is 0. The third-order valence-corrected chi connectivity index (χ3v) is 5.10. The molecule has 116 valence electrons. The van der Waals surface area contributed by atoms with Crippen LogP contribution in [0.15, 0.2) is 0 Å². The first-order chi connectivity index (χ1) is 9.61. The van der Waals surface area contributed by atoms with Crippen LogP contribution in [-0.4, -0.2) is 54.5 Å². The van der Waals surface area contributed by atoms with Crippen LogP contribution in [0, 0.1) is 5.92 Å². The van der Waals surface area contributed by atoms with Gasteiger partial charge in [-0.3, -0.25) is 4.79 Å². The molecule has 2 N–H and O–H groups in total. The number of carbonyl (C=O) groups is 1. The quantitative estimate of drug-likeness (QED) is 0.858. The monoisotopic (exact) mass is 281 g/mol. The summed E-state index contributed by atoms with van der Waals surface area (Å²) in [5.74, 6) is 0.754. The van der Waals surface area contributed by atoms with E-state index in [0.717, 1.165) is 45.3 Å². The molecule has 2 fully saturated rings. The normalized spacial score (nSPS) is 33.0. The van der Waals surface area contributed by atoms with Crippen molar-refractivity contribution in [2.45, 2.75) is 64.0 Å². The predicted molar refractivity (Wildman–Crippen MR) is 82.5 cm³/mol. The van der Waals surface area contributed by atoms with Crippen molar-refractivity contribution >= 4 is 5.91 Å². The number of hydrogen-bond acceptors (Lipinski definition) is 3. The zero-order valence-corrected chi connectivity index (χ0v) is 13.2. The third kappa shape index (κ3) is 3.95. The van der Waals surface area contributed by atoms with E-state index in [4.69, 9.17) is 5.73 Å². The van der Waals surface area contributed by atoms with E-state index in [2.05, 4.69) is 23.8 Å². The average molecular weight is 281 g/mol. The molecule has 3 atom stereocenters. The van der Waals surface area contributed by atoms with E-state index in [1.807, 2.05) is 0 Å². The first-order valence-electron chi connectivity index (χ1n) is 8.35. The topological polar surface area (TPSA) is 49.6 Å². The summed E-state index contributed by atoms with van der Waals surface area (Å²) in [6.07, 6.45) is 7.52. The van der Waals surface area contributed by atoms with Crippen molar-refractivity contribution in [3.63, 3.8) is 0 Å². The molecule has 0 aromatic carbocycles. The van der Waals surface area contributed by atoms with Gasteiger partial charge in [0, 0.05) is 31.6 Å². The number of rotatable bonds is 3. The minimum absolute atomic E-state index is 0.238. The molecule has 20 heavy (non-hydrogen) atoms. The van der Waals surface area contributed by atoms with Crippen molar-refractivity contribution in [2.75, 3.05) is 26.7 Å². The van der Waals surface area contributed by atoms with Gasteiger partial charge in [-0.25, -0.2) is 0 Å². The van der Waals surface area contributed by atoms with Crippen LogP contribution in [-0.2, 0) is 4.79 Å². The fourth-order valence-corrected chi connectivity index (χ4v) is 3.75. The van der Waals surface area contributed by atoms with Gasteiger partial charge in [-0.2, -0.15) is 0 Å². The second kappa shape index (κ2) is 7.41. The molecule has 0 bridgehead atoms. The summed E-state index contributed by atoms with van der Waals surface area (Å²) in [7, 11) is 2.16. The molecule has 2 rings (SSSR count). The van der Waals surface area contributed by atoms with E-state index in [1.54, 1.807) is 0 Å². The Labute approximate surface area is 123 Å². The summed E-state index contributed by atoms with van der Waals surface area (Å²) in [6, 6.07) is 0.622. The Kier molecular flexibility index (Phi) is 5.85. The van der Waals surface area contributed by atoms with Gasteiger partial charge in [0.1, 0.15) is 0 Å². The molecule has 0 aromatic heterocycles. The highest BCUT2D eigenvalue weighted by Gasteiger charge is 2.30. The molecule has 0 spiro atoms. The Morgan fingerprint density at radius 1 is 1.20 bits per heavy atom. The average Bonchev–Trinajstić information content (AvgIpc) is 2.62. The van der Waals surface area contributed by atoms with Gasteiger partial charge in [0.2, 0.25) is 5.91 Å². The standard InChI is InChI=1S/C16H31N3O/c1-3-14-12-18(2)9-6-10-19(14)16(20)11-13-7-4-5-8-15(13)17/h13-15H,3-12,17H2,1-2H3. The Morgan fingerprint density at radius 3 is 2.65 bits per heavy atom. The van der Waals surface area contributed by atoms with Crippen LogP contribution in [0.2, 0.25) is 0 Å². The minimum atomic E-state index is 0.238. The lowest BCUT2D eigenvalue weighted by Crippen LogP contribution is -2.45. The maximum Gasteiger partial charge on any atom is 0.223 e. The Hall–Kier alpha value is -0.610. The smallest absolute Gasteiger partial charge is 0.223 e. The van der Waals surface area contributed by atoms with E-state index in [-0.39, 0.29) is 6.04 Å². The second-order valence-electron chi connectivity index (χ2n) is 6.68. The SMILES string of the molecule is CCC1CN(C)CCCN1C(=O)CC1CCCCC1N. The molecule has 1 aliphatic carbocycles. The molecule has 3 unspecified atom stereocenters. The molecule has 4 nitrogen and oxygen atoms in total. The van der Waals surface area contributed by atoms with Gasteiger partial charge in [-0.1, -0.05) is 19.8 Å². The number of nitrogens with zero attached hydrogens (tertiary/aromatic N) is 2. The molecular weight excluding hydrogens is 250 g/mol. The molecule has 2 aliphatic rings. The molecule has 1 aliphatic heterocycles. The van der Waals surface area contributed by atoms with Crippen LogP contribution >= 0.6 is 0 Å². The minimum Gasteiger partial charge on any atom is -0.338 e. The first-order valence-corrected chi connectivity index (χ1v) is 8.35. The third-order valence-electron chi connectivity index (χ3n) is 5.10. The number of likely N-dealkylation sites (N-methyl/N-ethyl adjacent to an activating group) is 1. The van der Waals surface area contributed by atoms with Crippen LogP contribution in [0.25, 0.3) is 0 Å². The summed E-state index contributed by atoms with van der Waals surface area (Å²) in [6.45, 7) is 5.22. The lowest BCUT2D eigenvalue weighted by atomic mass is 9.82. The number of amides is 1. The lowest BCUT2D eigenvalue weighted by Gasteiger charge is -2.34. The molecule has 1 heterocycles. The molecule has 1 amide bonds. The van der Waals surface area contributed by atoms with E-state index < -0.39 is 0 Å². The van der Waals surface area contributed by atoms with E-state index in [1.165, 1.54) is 12.8 Å². The molecule has 1 saturated carbocycles. The number of carbonyl (C=O) groups excluding carboxylic acids is 1. The van der Waals surface area contributed by atoms with Crippen molar-refractivity contribution in [1.29, 1.82) is 0 Å². The van der Waals surface area contributed by atoms with Crippen LogP contribution < -0.4 is 5.73 Å². The van der Waals surface area contributed by atoms with Gasteiger partial charge in [0.05, 0.1) is 0 Å². The number of hydrogen-bond donors (Lipinski definition) is 1. The Bertz CT molecular complexity index is 321. The van der Waals surface area contributed by atoms with Crippen molar-refractivity contribution in [3.8, 4) is 0 Å². The van der Waals surface area contributed by atoms with E-state index >= 15 is 0 Å². The van der Waals surface area contributed by atoms with Crippen LogP contribution in [0.3, 0.4) is 0 Å². The van der Waals surface area contributed by atoms with Crippen LogP contribution in [0.4, 0.5) is 0 Å². The summed E-state index contributed by atoms with van der Waals surface area (Å²) in [5, 5.41) is 0. The Morgan fingerprint density at radius 2 is 1.95 bits per heavy atom. The molecule has 4 heteroatoms. The summed E-state index contributed by atoms with van der Waals surface area (Å²) in [4.78, 5) is 17.2. The molecule has 1 saturated heterocycles. The van der Waals surface area contributed by atoms with Gasteiger partial charge in [-0.15, -0.1) is 0 Å². The number of nitrogens with two attached hydrogens (primary N) is 1. The van der Waals surface area contributed by atoms with Gasteiger partial charge >= 0.3 is 0 Å². The maximum atomic E-state index is 12.7. The molecule has 0 radical (unpaired) electrons. The Balaban J connectivity index is 1.95. The van der Waals surface area contributed by atoms with Gasteiger partial charge in [0.25, 0.3) is 0 Å². The fraction of sp³-hybridized carbons (Fsp3) is 0.938. The van der Waals surface area contributed by atoms with E-state index in [0.29, 0.717) is 24.3 Å². The van der Waals surface area contributed by atoms with Crippen LogP contribution in [0.1, 0.15) is 51.9 Å². The first kappa shape index (κ1) is 15.8. The summed E-state index contributed by atoms with van der Waals surface area (Å²) < 4.78 is 0. The maximum absolute atomic E-state index is 12.7. The molecule has 0 aromatic rings. The highest BCUT2D eigenvalue weighted by atomic mass is 16.2. The van der Waals surface area contributed by atoms with Crippen molar-refractivity contribution in [1.82, 2.24) is 9.80 Å². The zero-order valence-electron chi connectivity index (χ0n) is 13.2. The van der Waals surface area contributed by atoms with Gasteiger partial charge < -0.3 is 15.5 Å². The van der Waals surface area contributed by atoms with Crippen molar-refractivity contribution in [2.24, 2.45) is 11.7 Å². The van der Waals surface area contributed by atoms with Gasteiger partial charge in [0.15, 0.2) is 0 Å². The lowest BCUT2D eigenvalue weighted by molar-refractivity contribution is -0.134. The second-order valence-corrected chi connectivity index (χ2v) is 6.68. The van der Waals surface area contributed by atoms with Crippen LogP contribution in [0.5, 0.6) is 0 Å². The summed E-state index contributed by atoms with van der Waals surface area (Å²) in [5.41, 5.74) is 6.20. The fourth-order valence-electron chi connectivity index (χ4n) is 3.75. The van der Waals surface area contributed by atoms with E-state index in [9.17, 15) is 4.79 Å².